The molecule has 0 N–H and O–H groups in total. The summed E-state index contributed by atoms with van der Waals surface area (Å²) >= 11 is 0. The predicted molar refractivity (Wildman–Crippen MR) is 25.5 cm³/mol. The van der Waals surface area contributed by atoms with Gasteiger partial charge < -0.3 is 5.11 Å². The molecule has 0 fully saturated rings. The van der Waals surface area contributed by atoms with Crippen LogP contribution in [0.4, 0.5) is 0 Å². The van der Waals surface area contributed by atoms with Crippen molar-refractivity contribution in [2.75, 3.05) is 0 Å². The Hall–Kier alpha value is -1.12. The molecule has 1 aromatic rings. The Morgan fingerprint density at radius 1 is 1.25 bits per heavy atom. The lowest BCUT2D eigenvalue weighted by molar-refractivity contribution is -0.272. The Balaban J connectivity index is 3.48. The lowest BCUT2D eigenvalue weighted by Gasteiger charge is -2.07. The maximum absolute atomic E-state index is 10.2. The van der Waals surface area contributed by atoms with Gasteiger partial charge in [-0.3, -0.25) is 9.59 Å². The first-order valence-corrected chi connectivity index (χ1v) is 2.11. The normalized spacial score (nSPS) is 10.1. The smallest absolute Gasteiger partial charge is 0.227 e. The van der Waals surface area contributed by atoms with E-state index in [1.165, 1.54) is 6.92 Å². The second-order valence-electron chi connectivity index (χ2n) is 1.61. The lowest BCUT2D eigenvalue weighted by atomic mass is 10.1. The van der Waals surface area contributed by atoms with Crippen molar-refractivity contribution >= 4 is 0 Å². The van der Waals surface area contributed by atoms with Crippen molar-refractivity contribution in [1.29, 1.82) is 0 Å². The Morgan fingerprint density at radius 3 is 1.88 bits per heavy atom. The highest BCUT2D eigenvalue weighted by molar-refractivity contribution is 5.34. The van der Waals surface area contributed by atoms with E-state index in [4.69, 9.17) is 0 Å². The largest absolute Gasteiger partial charge is 0.869 e. The minimum absolute atomic E-state index is 0.0648. The third-order valence-corrected chi connectivity index (χ3v) is 1.09. The molecule has 0 atom stereocenters. The van der Waals surface area contributed by atoms with Crippen LogP contribution in [0, 0.1) is 6.92 Å². The van der Waals surface area contributed by atoms with Crippen LogP contribution in [0.1, 0.15) is 5.56 Å². The molecule has 0 amide bonds. The van der Waals surface area contributed by atoms with Crippen molar-refractivity contribution < 1.29 is 5.11 Å². The fourth-order valence-corrected chi connectivity index (χ4v) is 0.484. The van der Waals surface area contributed by atoms with E-state index in [2.05, 4.69) is 0 Å². The van der Waals surface area contributed by atoms with E-state index in [9.17, 15) is 14.7 Å². The first kappa shape index (κ1) is 5.03. The molecule has 0 saturated heterocycles. The van der Waals surface area contributed by atoms with Gasteiger partial charge in [-0.1, -0.05) is 0 Å². The van der Waals surface area contributed by atoms with Crippen molar-refractivity contribution in [1.82, 2.24) is 0 Å². The summed E-state index contributed by atoms with van der Waals surface area (Å²) in [6, 6.07) is 0. The molecule has 0 radical (unpaired) electrons. The average molecular weight is 111 g/mol. The van der Waals surface area contributed by atoms with Crippen LogP contribution < -0.4 is 16.0 Å². The molecule has 8 heavy (non-hydrogen) atoms. The van der Waals surface area contributed by atoms with E-state index in [-0.39, 0.29) is 5.56 Å². The quantitative estimate of drug-likeness (QED) is 0.389. The zero-order valence-electron chi connectivity index (χ0n) is 4.22. The Morgan fingerprint density at radius 2 is 1.75 bits per heavy atom. The van der Waals surface area contributed by atoms with Crippen LogP contribution in [0.5, 0.6) is 5.75 Å². The van der Waals surface area contributed by atoms with Crippen LogP contribution in [-0.4, -0.2) is 0 Å². The summed E-state index contributed by atoms with van der Waals surface area (Å²) in [5.74, 6) is -0.630. The molecule has 3 nitrogen and oxygen atoms in total. The summed E-state index contributed by atoms with van der Waals surface area (Å²) in [6.07, 6.45) is 0. The predicted octanol–water partition coefficient (Wildman–Crippen LogP) is -1.34. The van der Waals surface area contributed by atoms with E-state index >= 15 is 0 Å². The summed E-state index contributed by atoms with van der Waals surface area (Å²) in [5.41, 5.74) is -1.44. The van der Waals surface area contributed by atoms with E-state index in [0.717, 1.165) is 0 Å². The first-order chi connectivity index (χ1) is 3.64. The molecular formula is C5H3O3-. The van der Waals surface area contributed by atoms with Gasteiger partial charge in [0.15, 0.2) is 0 Å². The molecule has 0 spiro atoms. The molecule has 0 aliphatic carbocycles. The van der Waals surface area contributed by atoms with Crippen LogP contribution in [0.15, 0.2) is 9.59 Å². The average Bonchev–Trinajstić information content (AvgIpc) is 1.83. The van der Waals surface area contributed by atoms with Crippen LogP contribution in [0.2, 0.25) is 0 Å². The van der Waals surface area contributed by atoms with Gasteiger partial charge in [0.2, 0.25) is 10.9 Å². The Bertz CT molecular complexity index is 248. The molecule has 0 heterocycles. The topological polar surface area (TPSA) is 57.2 Å². The first-order valence-electron chi connectivity index (χ1n) is 2.11. The Labute approximate surface area is 44.9 Å². The maximum atomic E-state index is 10.2. The summed E-state index contributed by atoms with van der Waals surface area (Å²) in [4.78, 5) is 20.2. The highest BCUT2D eigenvalue weighted by Gasteiger charge is 2.05. The van der Waals surface area contributed by atoms with Gasteiger partial charge in [0.05, 0.1) is 0 Å². The van der Waals surface area contributed by atoms with Crippen LogP contribution in [-0.2, 0) is 0 Å². The third-order valence-electron chi connectivity index (χ3n) is 1.09. The van der Waals surface area contributed by atoms with Crippen molar-refractivity contribution in [3.8, 4) is 5.75 Å². The second-order valence-corrected chi connectivity index (χ2v) is 1.61. The summed E-state index contributed by atoms with van der Waals surface area (Å²) in [5, 5.41) is 10.2. The van der Waals surface area contributed by atoms with E-state index in [1.807, 2.05) is 0 Å². The van der Waals surface area contributed by atoms with Gasteiger partial charge in [0.25, 0.3) is 0 Å². The molecule has 1 rings (SSSR count). The van der Waals surface area contributed by atoms with Gasteiger partial charge in [-0.05, 0) is 18.2 Å². The van der Waals surface area contributed by atoms with Crippen molar-refractivity contribution in [3.05, 3.63) is 26.0 Å². The fraction of sp³-hybridized carbons (Fsp3) is 0.200. The number of hydrogen-bond acceptors (Lipinski definition) is 3. The molecule has 42 valence electrons. The van der Waals surface area contributed by atoms with Gasteiger partial charge in [0, 0.05) is 0 Å². The number of hydrogen-bond donors (Lipinski definition) is 0. The molecular weight excluding hydrogens is 108 g/mol. The van der Waals surface area contributed by atoms with Gasteiger partial charge >= 0.3 is 0 Å². The zero-order chi connectivity index (χ0) is 6.31. The maximum Gasteiger partial charge on any atom is 0.227 e. The summed E-state index contributed by atoms with van der Waals surface area (Å²) < 4.78 is 0. The zero-order valence-corrected chi connectivity index (χ0v) is 4.22. The van der Waals surface area contributed by atoms with E-state index in [0.29, 0.717) is 0 Å². The number of rotatable bonds is 0. The monoisotopic (exact) mass is 111 g/mol. The second kappa shape index (κ2) is 1.18. The minimum atomic E-state index is -0.873. The standard InChI is InChI=1S/C5H4O3/c1-2-3(6)5(8)4(2)7/h6H,1H3/p-1. The third kappa shape index (κ3) is 0.332. The van der Waals surface area contributed by atoms with Crippen molar-refractivity contribution in [2.24, 2.45) is 0 Å². The van der Waals surface area contributed by atoms with Gasteiger partial charge in [-0.25, -0.2) is 0 Å². The SMILES string of the molecule is Cc1c([O-])c(=O)c1=O. The molecule has 0 aliphatic heterocycles. The molecule has 0 unspecified atom stereocenters. The highest BCUT2D eigenvalue weighted by Crippen LogP contribution is 1.98. The van der Waals surface area contributed by atoms with E-state index in [1.54, 1.807) is 0 Å². The molecule has 0 bridgehead atoms. The summed E-state index contributed by atoms with van der Waals surface area (Å²) in [7, 11) is 0. The lowest BCUT2D eigenvalue weighted by Crippen LogP contribution is -2.36. The molecule has 0 aromatic heterocycles. The minimum Gasteiger partial charge on any atom is -0.869 e. The molecule has 3 heteroatoms. The molecule has 0 saturated carbocycles. The van der Waals surface area contributed by atoms with Crippen molar-refractivity contribution in [3.63, 3.8) is 0 Å². The van der Waals surface area contributed by atoms with Crippen LogP contribution in [0.3, 0.4) is 0 Å². The van der Waals surface area contributed by atoms with Gasteiger partial charge in [-0.15, -0.1) is 0 Å². The van der Waals surface area contributed by atoms with Gasteiger partial charge in [-0.2, -0.15) is 0 Å². The van der Waals surface area contributed by atoms with E-state index < -0.39 is 16.6 Å². The van der Waals surface area contributed by atoms with Gasteiger partial charge in [0.1, 0.15) is 0 Å². The van der Waals surface area contributed by atoms with Crippen LogP contribution >= 0.6 is 0 Å². The van der Waals surface area contributed by atoms with Crippen LogP contribution in [0.25, 0.3) is 0 Å². The molecule has 1 aromatic carbocycles. The molecule has 0 aliphatic rings. The fourth-order valence-electron chi connectivity index (χ4n) is 0.484. The van der Waals surface area contributed by atoms with Crippen molar-refractivity contribution in [2.45, 2.75) is 6.92 Å². The summed E-state index contributed by atoms with van der Waals surface area (Å²) in [6.45, 7) is 1.35. The Kier molecular flexibility index (Phi) is 0.743. The highest BCUT2D eigenvalue weighted by atomic mass is 16.3.